The Morgan fingerprint density at radius 3 is 2.56 bits per heavy atom. The highest BCUT2D eigenvalue weighted by molar-refractivity contribution is 14.0. The normalized spacial score (nSPS) is 16.0. The van der Waals surface area contributed by atoms with Crippen LogP contribution >= 0.6 is 24.0 Å². The minimum Gasteiger partial charge on any atom is -0.484 e. The summed E-state index contributed by atoms with van der Waals surface area (Å²) >= 11 is 0. The van der Waals surface area contributed by atoms with Crippen LogP contribution in [0.1, 0.15) is 36.9 Å². The van der Waals surface area contributed by atoms with E-state index in [9.17, 15) is 4.79 Å². The van der Waals surface area contributed by atoms with Gasteiger partial charge in [0.05, 0.1) is 0 Å². The van der Waals surface area contributed by atoms with Gasteiger partial charge in [-0.25, -0.2) is 0 Å². The Labute approximate surface area is 207 Å². The number of halogens is 1. The van der Waals surface area contributed by atoms with E-state index in [-0.39, 0.29) is 30.6 Å². The molecule has 2 aromatic carbocycles. The number of nitrogens with two attached hydrogens (primary N) is 1. The molecule has 1 aliphatic rings. The zero-order chi connectivity index (χ0) is 22.1. The number of guanidine groups is 1. The van der Waals surface area contributed by atoms with Crippen LogP contribution in [0.5, 0.6) is 5.75 Å². The Bertz CT molecular complexity index is 870. The number of ether oxygens (including phenoxy) is 1. The van der Waals surface area contributed by atoms with Crippen molar-refractivity contribution in [1.29, 1.82) is 0 Å². The number of rotatable bonds is 8. The number of aliphatic imine (C=N–C) groups is 1. The Balaban J connectivity index is 0.00000363. The molecule has 1 fully saturated rings. The van der Waals surface area contributed by atoms with Gasteiger partial charge in [-0.15, -0.1) is 24.0 Å². The standard InChI is InChI=1S/C24H33N5O2.HI/c1-18(20-8-4-3-5-9-20)29-13-11-21(12-14-29)28-24(26-2)27-16-19-7-6-10-22(15-19)31-17-23(25)30;/h3-10,15,18,21H,11-14,16-17H2,1-2H3,(H2,25,30)(H2,26,27,28);1H. The molecular formula is C24H34IN5O2. The third-order valence-corrected chi connectivity index (χ3v) is 5.66. The van der Waals surface area contributed by atoms with Crippen molar-refractivity contribution < 1.29 is 9.53 Å². The third-order valence-electron chi connectivity index (χ3n) is 5.66. The van der Waals surface area contributed by atoms with Gasteiger partial charge >= 0.3 is 0 Å². The molecule has 0 bridgehead atoms. The lowest BCUT2D eigenvalue weighted by Gasteiger charge is -2.37. The molecule has 0 radical (unpaired) electrons. The molecule has 0 aliphatic carbocycles. The minimum atomic E-state index is -0.489. The first-order chi connectivity index (χ1) is 15.0. The van der Waals surface area contributed by atoms with E-state index in [2.05, 4.69) is 57.8 Å². The second-order valence-corrected chi connectivity index (χ2v) is 7.87. The molecule has 1 atom stereocenters. The first-order valence-corrected chi connectivity index (χ1v) is 10.8. The molecule has 32 heavy (non-hydrogen) atoms. The van der Waals surface area contributed by atoms with Gasteiger partial charge < -0.3 is 21.1 Å². The lowest BCUT2D eigenvalue weighted by molar-refractivity contribution is -0.119. The molecule has 3 rings (SSSR count). The van der Waals surface area contributed by atoms with Crippen molar-refractivity contribution in [1.82, 2.24) is 15.5 Å². The molecular weight excluding hydrogens is 517 g/mol. The number of hydrogen-bond donors (Lipinski definition) is 3. The Morgan fingerprint density at radius 1 is 1.19 bits per heavy atom. The van der Waals surface area contributed by atoms with Gasteiger partial charge in [-0.05, 0) is 43.0 Å². The molecule has 0 aromatic heterocycles. The Hall–Kier alpha value is -2.33. The molecule has 1 saturated heterocycles. The van der Waals surface area contributed by atoms with Gasteiger partial charge in [0.2, 0.25) is 0 Å². The van der Waals surface area contributed by atoms with E-state index in [1.807, 2.05) is 24.3 Å². The topological polar surface area (TPSA) is 92.0 Å². The van der Waals surface area contributed by atoms with Crippen LogP contribution in [0, 0.1) is 0 Å². The summed E-state index contributed by atoms with van der Waals surface area (Å²) in [7, 11) is 1.79. The van der Waals surface area contributed by atoms with Crippen molar-refractivity contribution in [3.05, 3.63) is 65.7 Å². The van der Waals surface area contributed by atoms with Crippen LogP contribution < -0.4 is 21.1 Å². The quantitative estimate of drug-likeness (QED) is 0.267. The predicted molar refractivity (Wildman–Crippen MR) is 139 cm³/mol. The number of likely N-dealkylation sites (tertiary alicyclic amines) is 1. The van der Waals surface area contributed by atoms with E-state index in [1.165, 1.54) is 5.56 Å². The largest absolute Gasteiger partial charge is 0.484 e. The summed E-state index contributed by atoms with van der Waals surface area (Å²) in [5.41, 5.74) is 7.54. The maximum absolute atomic E-state index is 10.9. The van der Waals surface area contributed by atoms with Crippen molar-refractivity contribution in [3.8, 4) is 5.75 Å². The summed E-state index contributed by atoms with van der Waals surface area (Å²) in [4.78, 5) is 17.8. The van der Waals surface area contributed by atoms with Crippen LogP contribution in [0.3, 0.4) is 0 Å². The van der Waals surface area contributed by atoms with Crippen LogP contribution in [0.4, 0.5) is 0 Å². The SMILES string of the molecule is CN=C(NCc1cccc(OCC(N)=O)c1)NC1CCN(C(C)c2ccccc2)CC1.I. The van der Waals surface area contributed by atoms with Crippen molar-refractivity contribution in [2.45, 2.75) is 38.4 Å². The number of carbonyl (C=O) groups excluding carboxylic acids is 1. The van der Waals surface area contributed by atoms with Gasteiger partial charge in [0.15, 0.2) is 12.6 Å². The zero-order valence-electron chi connectivity index (χ0n) is 18.8. The molecule has 1 unspecified atom stereocenters. The fraction of sp³-hybridized carbons (Fsp3) is 0.417. The highest BCUT2D eigenvalue weighted by Crippen LogP contribution is 2.24. The number of primary amides is 1. The lowest BCUT2D eigenvalue weighted by Crippen LogP contribution is -2.48. The molecule has 1 heterocycles. The molecule has 8 heteroatoms. The number of hydrogen-bond acceptors (Lipinski definition) is 4. The first-order valence-electron chi connectivity index (χ1n) is 10.8. The third kappa shape index (κ3) is 7.98. The molecule has 4 N–H and O–H groups in total. The molecule has 1 aliphatic heterocycles. The van der Waals surface area contributed by atoms with E-state index in [4.69, 9.17) is 10.5 Å². The number of amides is 1. The fourth-order valence-corrected chi connectivity index (χ4v) is 3.85. The molecule has 0 saturated carbocycles. The summed E-state index contributed by atoms with van der Waals surface area (Å²) in [6, 6.07) is 19.1. The van der Waals surface area contributed by atoms with Gasteiger partial charge in [-0.3, -0.25) is 14.7 Å². The highest BCUT2D eigenvalue weighted by atomic mass is 127. The smallest absolute Gasteiger partial charge is 0.255 e. The maximum Gasteiger partial charge on any atom is 0.255 e. The highest BCUT2D eigenvalue weighted by Gasteiger charge is 2.24. The molecule has 2 aromatic rings. The van der Waals surface area contributed by atoms with Crippen LogP contribution in [0.2, 0.25) is 0 Å². The summed E-state index contributed by atoms with van der Waals surface area (Å²) < 4.78 is 5.37. The molecule has 0 spiro atoms. The van der Waals surface area contributed by atoms with Gasteiger partial charge in [0.1, 0.15) is 5.75 Å². The van der Waals surface area contributed by atoms with Crippen molar-refractivity contribution in [2.75, 3.05) is 26.7 Å². The van der Waals surface area contributed by atoms with Crippen LogP contribution in [0.25, 0.3) is 0 Å². The van der Waals surface area contributed by atoms with Gasteiger partial charge in [-0.1, -0.05) is 42.5 Å². The second-order valence-electron chi connectivity index (χ2n) is 7.87. The van der Waals surface area contributed by atoms with E-state index in [0.717, 1.165) is 37.5 Å². The van der Waals surface area contributed by atoms with E-state index >= 15 is 0 Å². The summed E-state index contributed by atoms with van der Waals surface area (Å²) in [6.07, 6.45) is 2.16. The van der Waals surface area contributed by atoms with Crippen molar-refractivity contribution in [3.63, 3.8) is 0 Å². The van der Waals surface area contributed by atoms with Crippen LogP contribution in [-0.4, -0.2) is 49.6 Å². The van der Waals surface area contributed by atoms with Crippen LogP contribution in [-0.2, 0) is 11.3 Å². The van der Waals surface area contributed by atoms with E-state index in [1.54, 1.807) is 7.05 Å². The fourth-order valence-electron chi connectivity index (χ4n) is 3.85. The first kappa shape index (κ1) is 25.9. The minimum absolute atomic E-state index is 0. The maximum atomic E-state index is 10.9. The number of carbonyl (C=O) groups is 1. The Kier molecular flexibility index (Phi) is 10.8. The van der Waals surface area contributed by atoms with Crippen LogP contribution in [0.15, 0.2) is 59.6 Å². The molecule has 1 amide bonds. The summed E-state index contributed by atoms with van der Waals surface area (Å²) in [5, 5.41) is 6.91. The predicted octanol–water partition coefficient (Wildman–Crippen LogP) is 3.06. The lowest BCUT2D eigenvalue weighted by atomic mass is 10.0. The number of nitrogens with one attached hydrogen (secondary N) is 2. The summed E-state index contributed by atoms with van der Waals surface area (Å²) in [6.45, 7) is 4.89. The average molecular weight is 551 g/mol. The number of nitrogens with zero attached hydrogens (tertiary/aromatic N) is 2. The molecule has 7 nitrogen and oxygen atoms in total. The number of piperidine rings is 1. The number of benzene rings is 2. The molecule has 174 valence electrons. The summed E-state index contributed by atoms with van der Waals surface area (Å²) in [5.74, 6) is 0.927. The monoisotopic (exact) mass is 551 g/mol. The zero-order valence-corrected chi connectivity index (χ0v) is 21.1. The van der Waals surface area contributed by atoms with Gasteiger partial charge in [0, 0.05) is 38.8 Å². The van der Waals surface area contributed by atoms with E-state index < -0.39 is 5.91 Å². The second kappa shape index (κ2) is 13.3. The van der Waals surface area contributed by atoms with Crippen molar-refractivity contribution in [2.24, 2.45) is 10.7 Å². The van der Waals surface area contributed by atoms with E-state index in [0.29, 0.717) is 24.4 Å². The average Bonchev–Trinajstić information content (AvgIpc) is 2.81. The van der Waals surface area contributed by atoms with Crippen molar-refractivity contribution >= 4 is 35.8 Å². The van der Waals surface area contributed by atoms with Gasteiger partial charge in [0.25, 0.3) is 5.91 Å². The Morgan fingerprint density at radius 2 is 1.91 bits per heavy atom. The van der Waals surface area contributed by atoms with Gasteiger partial charge in [-0.2, -0.15) is 0 Å².